The van der Waals surface area contributed by atoms with Crippen molar-refractivity contribution in [3.63, 3.8) is 0 Å². The molecule has 6 heteroatoms. The number of rotatable bonds is 8. The molecule has 1 atom stereocenters. The molecule has 0 aliphatic rings. The quantitative estimate of drug-likeness (QED) is 0.594. The van der Waals surface area contributed by atoms with Crippen molar-refractivity contribution in [2.75, 3.05) is 18.6 Å². The van der Waals surface area contributed by atoms with Gasteiger partial charge < -0.3 is 10.6 Å². The molecular weight excluding hydrogens is 268 g/mol. The summed E-state index contributed by atoms with van der Waals surface area (Å²) in [5, 5.41) is 5.49. The predicted octanol–water partition coefficient (Wildman–Crippen LogP) is 1.46. The number of carbonyl (C=O) groups excluding carboxylic acids is 2. The molecule has 0 aromatic rings. The summed E-state index contributed by atoms with van der Waals surface area (Å²) in [6.07, 6.45) is 4.05. The summed E-state index contributed by atoms with van der Waals surface area (Å²) >= 11 is 5.85. The fourth-order valence-corrected chi connectivity index (χ4v) is 2.72. The van der Waals surface area contributed by atoms with Crippen molar-refractivity contribution in [3.05, 3.63) is 0 Å². The maximum atomic E-state index is 11.9. The smallest absolute Gasteiger partial charge is 0.243 e. The highest BCUT2D eigenvalue weighted by Crippen LogP contribution is 2.29. The van der Waals surface area contributed by atoms with E-state index in [4.69, 9.17) is 0 Å². The Morgan fingerprint density at radius 1 is 1.33 bits per heavy atom. The van der Waals surface area contributed by atoms with Crippen LogP contribution in [0.2, 0.25) is 0 Å². The lowest BCUT2D eigenvalue weighted by Crippen LogP contribution is -2.50. The molecule has 0 saturated carbocycles. The largest absolute Gasteiger partial charge is 0.353 e. The summed E-state index contributed by atoms with van der Waals surface area (Å²) < 4.78 is 0.0764. The lowest BCUT2D eigenvalue weighted by atomic mass is 10.0. The van der Waals surface area contributed by atoms with Gasteiger partial charge in [0.05, 0.1) is 0 Å². The SMILES string of the molecule is CCC(CC)(CNC(=O)C(CS)NC(C)=O)SC. The van der Waals surface area contributed by atoms with Crippen LogP contribution in [0.5, 0.6) is 0 Å². The van der Waals surface area contributed by atoms with E-state index in [2.05, 4.69) is 43.4 Å². The third-order valence-corrected chi connectivity index (χ3v) is 5.14. The van der Waals surface area contributed by atoms with E-state index >= 15 is 0 Å². The van der Waals surface area contributed by atoms with Crippen LogP contribution in [0.4, 0.5) is 0 Å². The van der Waals surface area contributed by atoms with E-state index in [1.165, 1.54) is 6.92 Å². The molecule has 0 fully saturated rings. The molecular formula is C12H24N2O2S2. The van der Waals surface area contributed by atoms with Crippen molar-refractivity contribution >= 4 is 36.2 Å². The van der Waals surface area contributed by atoms with Crippen LogP contribution in [0.3, 0.4) is 0 Å². The van der Waals surface area contributed by atoms with Gasteiger partial charge in [0.15, 0.2) is 0 Å². The lowest BCUT2D eigenvalue weighted by molar-refractivity contribution is -0.127. The van der Waals surface area contributed by atoms with Gasteiger partial charge in [-0.05, 0) is 19.1 Å². The van der Waals surface area contributed by atoms with Gasteiger partial charge in [-0.3, -0.25) is 9.59 Å². The van der Waals surface area contributed by atoms with Crippen LogP contribution in [0.25, 0.3) is 0 Å². The summed E-state index contributed by atoms with van der Waals surface area (Å²) in [4.78, 5) is 22.9. The molecule has 0 bridgehead atoms. The monoisotopic (exact) mass is 292 g/mol. The number of nitrogens with one attached hydrogen (secondary N) is 2. The van der Waals surface area contributed by atoms with Crippen LogP contribution < -0.4 is 10.6 Å². The normalized spacial score (nSPS) is 12.9. The molecule has 0 aromatic heterocycles. The first-order valence-corrected chi connectivity index (χ1v) is 8.01. The van der Waals surface area contributed by atoms with Crippen LogP contribution in [0, 0.1) is 0 Å². The van der Waals surface area contributed by atoms with Gasteiger partial charge in [0.1, 0.15) is 6.04 Å². The highest BCUT2D eigenvalue weighted by atomic mass is 32.2. The van der Waals surface area contributed by atoms with Crippen molar-refractivity contribution < 1.29 is 9.59 Å². The summed E-state index contributed by atoms with van der Waals surface area (Å²) in [5.74, 6) is -0.0810. The highest BCUT2D eigenvalue weighted by Gasteiger charge is 2.27. The number of hydrogen-bond donors (Lipinski definition) is 3. The first-order chi connectivity index (χ1) is 8.44. The third kappa shape index (κ3) is 5.52. The first kappa shape index (κ1) is 17.6. The molecule has 106 valence electrons. The van der Waals surface area contributed by atoms with Crippen molar-refractivity contribution in [2.45, 2.75) is 44.4 Å². The molecule has 0 rings (SSSR count). The molecule has 18 heavy (non-hydrogen) atoms. The van der Waals surface area contributed by atoms with Gasteiger partial charge >= 0.3 is 0 Å². The summed E-state index contributed by atoms with van der Waals surface area (Å²) in [5.41, 5.74) is 0. The Kier molecular flexibility index (Phi) is 8.52. The molecule has 0 saturated heterocycles. The van der Waals surface area contributed by atoms with Gasteiger partial charge in [-0.1, -0.05) is 13.8 Å². The van der Waals surface area contributed by atoms with Crippen molar-refractivity contribution in [2.24, 2.45) is 0 Å². The van der Waals surface area contributed by atoms with Gasteiger partial charge in [-0.15, -0.1) is 0 Å². The van der Waals surface area contributed by atoms with Crippen LogP contribution in [0.1, 0.15) is 33.6 Å². The standard InChI is InChI=1S/C12H24N2O2S2/c1-5-12(6-2,18-4)8-13-11(16)10(7-17)14-9(3)15/h10,17H,5-8H2,1-4H3,(H,13,16)(H,14,15). The number of amides is 2. The summed E-state index contributed by atoms with van der Waals surface area (Å²) in [6.45, 7) is 6.25. The molecule has 0 aliphatic carbocycles. The molecule has 4 nitrogen and oxygen atoms in total. The van der Waals surface area contributed by atoms with Crippen molar-refractivity contribution in [3.8, 4) is 0 Å². The molecule has 0 radical (unpaired) electrons. The Morgan fingerprint density at radius 2 is 1.89 bits per heavy atom. The van der Waals surface area contributed by atoms with Gasteiger partial charge in [0.25, 0.3) is 0 Å². The first-order valence-electron chi connectivity index (χ1n) is 6.15. The summed E-state index contributed by atoms with van der Waals surface area (Å²) in [7, 11) is 0. The fourth-order valence-electron chi connectivity index (χ4n) is 1.67. The average molecular weight is 292 g/mol. The topological polar surface area (TPSA) is 58.2 Å². The van der Waals surface area contributed by atoms with Crippen LogP contribution in [0.15, 0.2) is 0 Å². The van der Waals surface area contributed by atoms with Gasteiger partial charge in [0, 0.05) is 24.0 Å². The third-order valence-electron chi connectivity index (χ3n) is 3.18. The van der Waals surface area contributed by atoms with Crippen LogP contribution in [-0.4, -0.2) is 41.2 Å². The van der Waals surface area contributed by atoms with Crippen molar-refractivity contribution in [1.82, 2.24) is 10.6 Å². The van der Waals surface area contributed by atoms with Crippen molar-refractivity contribution in [1.29, 1.82) is 0 Å². The van der Waals surface area contributed by atoms with E-state index in [-0.39, 0.29) is 16.6 Å². The second-order valence-corrected chi connectivity index (χ2v) is 5.89. The fraction of sp³-hybridized carbons (Fsp3) is 0.833. The zero-order valence-corrected chi connectivity index (χ0v) is 13.3. The Labute approximate surface area is 119 Å². The predicted molar refractivity (Wildman–Crippen MR) is 81.3 cm³/mol. The maximum absolute atomic E-state index is 11.9. The van der Waals surface area contributed by atoms with E-state index in [1.807, 2.05) is 0 Å². The molecule has 1 unspecified atom stereocenters. The van der Waals surface area contributed by atoms with E-state index in [0.717, 1.165) is 12.8 Å². The minimum absolute atomic E-state index is 0.0764. The van der Waals surface area contributed by atoms with Crippen LogP contribution in [-0.2, 0) is 9.59 Å². The van der Waals surface area contributed by atoms with Gasteiger partial charge in [0.2, 0.25) is 11.8 Å². The number of thiol groups is 1. The Balaban J connectivity index is 4.41. The highest BCUT2D eigenvalue weighted by molar-refractivity contribution is 8.00. The zero-order chi connectivity index (χ0) is 14.2. The second kappa shape index (κ2) is 8.69. The number of carbonyl (C=O) groups is 2. The number of thioether (sulfide) groups is 1. The maximum Gasteiger partial charge on any atom is 0.243 e. The van der Waals surface area contributed by atoms with Gasteiger partial charge in [-0.25, -0.2) is 0 Å². The molecule has 0 aliphatic heterocycles. The number of hydrogen-bond acceptors (Lipinski definition) is 4. The molecule has 0 aromatic carbocycles. The Morgan fingerprint density at radius 3 is 2.22 bits per heavy atom. The zero-order valence-electron chi connectivity index (χ0n) is 11.6. The molecule has 2 amide bonds. The lowest BCUT2D eigenvalue weighted by Gasteiger charge is -2.30. The molecule has 2 N–H and O–H groups in total. The Hall–Kier alpha value is -0.360. The van der Waals surface area contributed by atoms with E-state index in [1.54, 1.807) is 11.8 Å². The van der Waals surface area contributed by atoms with E-state index < -0.39 is 6.04 Å². The molecule has 0 heterocycles. The van der Waals surface area contributed by atoms with Crippen LogP contribution >= 0.6 is 24.4 Å². The second-order valence-electron chi connectivity index (χ2n) is 4.25. The minimum atomic E-state index is -0.556. The van der Waals surface area contributed by atoms with Gasteiger partial charge in [-0.2, -0.15) is 24.4 Å². The Bertz CT molecular complexity index is 273. The summed E-state index contributed by atoms with van der Waals surface area (Å²) in [6, 6.07) is -0.556. The molecule has 0 spiro atoms. The van der Waals surface area contributed by atoms with E-state index in [0.29, 0.717) is 12.3 Å². The van der Waals surface area contributed by atoms with E-state index in [9.17, 15) is 9.59 Å². The minimum Gasteiger partial charge on any atom is -0.353 e. The average Bonchev–Trinajstić information content (AvgIpc) is 2.37.